The van der Waals surface area contributed by atoms with Crippen LogP contribution in [-0.4, -0.2) is 16.6 Å². The van der Waals surface area contributed by atoms with Gasteiger partial charge in [0.2, 0.25) is 5.95 Å². The van der Waals surface area contributed by atoms with Crippen LogP contribution < -0.4 is 21.3 Å². The Hall–Kier alpha value is -2.41. The van der Waals surface area contributed by atoms with Crippen molar-refractivity contribution in [3.05, 3.63) is 36.3 Å². The van der Waals surface area contributed by atoms with E-state index in [1.807, 2.05) is 6.92 Å². The van der Waals surface area contributed by atoms with Crippen molar-refractivity contribution in [1.29, 1.82) is 0 Å². The molecule has 7 heteroatoms. The molecule has 0 aliphatic carbocycles. The van der Waals surface area contributed by atoms with E-state index in [0.29, 0.717) is 12.3 Å². The molecule has 0 radical (unpaired) electrons. The zero-order chi connectivity index (χ0) is 13.7. The first kappa shape index (κ1) is 13.0. The van der Waals surface area contributed by atoms with Crippen molar-refractivity contribution in [2.75, 3.05) is 17.3 Å². The second-order valence-electron chi connectivity index (χ2n) is 3.62. The lowest BCUT2D eigenvalue weighted by Gasteiger charge is -2.09. The van der Waals surface area contributed by atoms with Crippen LogP contribution in [0, 0.1) is 5.82 Å². The van der Waals surface area contributed by atoms with Gasteiger partial charge in [0.25, 0.3) is 0 Å². The zero-order valence-electron chi connectivity index (χ0n) is 10.4. The van der Waals surface area contributed by atoms with Crippen LogP contribution in [0.2, 0.25) is 0 Å². The molecule has 0 atom stereocenters. The summed E-state index contributed by atoms with van der Waals surface area (Å²) in [7, 11) is 0. The number of hydrazine groups is 1. The van der Waals surface area contributed by atoms with Gasteiger partial charge in [0.1, 0.15) is 5.75 Å². The molecule has 2 aromatic rings. The molecule has 0 aliphatic rings. The van der Waals surface area contributed by atoms with E-state index in [-0.39, 0.29) is 11.8 Å². The molecule has 0 unspecified atom stereocenters. The summed E-state index contributed by atoms with van der Waals surface area (Å²) in [5, 5.41) is 2.84. The van der Waals surface area contributed by atoms with Gasteiger partial charge in [-0.25, -0.2) is 15.2 Å². The van der Waals surface area contributed by atoms with Gasteiger partial charge in [-0.05, 0) is 31.2 Å². The Bertz CT molecular complexity index is 546. The van der Waals surface area contributed by atoms with Crippen molar-refractivity contribution < 1.29 is 9.13 Å². The fourth-order valence-corrected chi connectivity index (χ4v) is 1.46. The fourth-order valence-electron chi connectivity index (χ4n) is 1.46. The first-order valence-electron chi connectivity index (χ1n) is 5.72. The van der Waals surface area contributed by atoms with Crippen LogP contribution in [0.4, 0.5) is 21.8 Å². The zero-order valence-corrected chi connectivity index (χ0v) is 10.4. The van der Waals surface area contributed by atoms with Crippen LogP contribution in [0.15, 0.2) is 30.5 Å². The van der Waals surface area contributed by atoms with Gasteiger partial charge in [-0.15, -0.1) is 0 Å². The van der Waals surface area contributed by atoms with E-state index in [0.717, 1.165) is 11.9 Å². The molecule has 1 heterocycles. The Balaban J connectivity index is 2.16. The Morgan fingerprint density at radius 1 is 1.32 bits per heavy atom. The van der Waals surface area contributed by atoms with E-state index in [1.165, 1.54) is 0 Å². The van der Waals surface area contributed by atoms with Crippen molar-refractivity contribution in [2.24, 2.45) is 5.84 Å². The van der Waals surface area contributed by atoms with E-state index in [4.69, 9.17) is 10.6 Å². The highest BCUT2D eigenvalue weighted by Crippen LogP contribution is 2.21. The molecular weight excluding hydrogens is 249 g/mol. The third-order valence-electron chi connectivity index (χ3n) is 2.30. The summed E-state index contributed by atoms with van der Waals surface area (Å²) in [5.74, 6) is 5.54. The lowest BCUT2D eigenvalue weighted by Crippen LogP contribution is -2.11. The molecule has 6 nitrogen and oxygen atoms in total. The van der Waals surface area contributed by atoms with Gasteiger partial charge in [-0.2, -0.15) is 4.98 Å². The summed E-state index contributed by atoms with van der Waals surface area (Å²) < 4.78 is 18.8. The second-order valence-corrected chi connectivity index (χ2v) is 3.62. The maximum absolute atomic E-state index is 13.5. The Morgan fingerprint density at radius 2 is 2.05 bits per heavy atom. The van der Waals surface area contributed by atoms with Gasteiger partial charge in [0, 0.05) is 5.69 Å². The number of anilines is 3. The van der Waals surface area contributed by atoms with Gasteiger partial charge < -0.3 is 10.1 Å². The number of nitrogens with one attached hydrogen (secondary N) is 2. The summed E-state index contributed by atoms with van der Waals surface area (Å²) in [6.07, 6.45) is 1.04. The molecule has 0 aliphatic heterocycles. The average Bonchev–Trinajstić information content (AvgIpc) is 2.44. The van der Waals surface area contributed by atoms with Crippen LogP contribution in [0.1, 0.15) is 6.92 Å². The molecule has 0 saturated heterocycles. The number of aromatic nitrogens is 2. The van der Waals surface area contributed by atoms with Gasteiger partial charge >= 0.3 is 0 Å². The smallest absolute Gasteiger partial charge is 0.239 e. The van der Waals surface area contributed by atoms with Crippen LogP contribution in [0.3, 0.4) is 0 Å². The monoisotopic (exact) mass is 263 g/mol. The van der Waals surface area contributed by atoms with E-state index in [2.05, 4.69) is 20.7 Å². The predicted octanol–water partition coefficient (Wildman–Crippen LogP) is 2.04. The minimum atomic E-state index is -0.562. The molecule has 0 spiro atoms. The maximum atomic E-state index is 13.5. The van der Waals surface area contributed by atoms with Crippen molar-refractivity contribution >= 4 is 17.5 Å². The number of nitrogens with zero attached hydrogens (tertiary/aromatic N) is 2. The number of ether oxygens (including phenoxy) is 1. The molecule has 1 aromatic heterocycles. The molecule has 1 aromatic carbocycles. The summed E-state index contributed by atoms with van der Waals surface area (Å²) in [4.78, 5) is 7.54. The van der Waals surface area contributed by atoms with E-state index in [1.54, 1.807) is 24.3 Å². The van der Waals surface area contributed by atoms with E-state index >= 15 is 0 Å². The van der Waals surface area contributed by atoms with Crippen molar-refractivity contribution in [1.82, 2.24) is 9.97 Å². The van der Waals surface area contributed by atoms with Crippen LogP contribution >= 0.6 is 0 Å². The molecule has 0 amide bonds. The highest BCUT2D eigenvalue weighted by atomic mass is 19.1. The standard InChI is InChI=1S/C12H14FN5O/c1-2-19-9-5-3-8(4-6-9)16-11-10(13)7-15-12(17-11)18-14/h3-7H,2,14H2,1H3,(H2,15,16,17,18). The number of hydrogen-bond acceptors (Lipinski definition) is 6. The summed E-state index contributed by atoms with van der Waals surface area (Å²) in [5.41, 5.74) is 2.94. The molecule has 0 saturated carbocycles. The SMILES string of the molecule is CCOc1ccc(Nc2nc(NN)ncc2F)cc1. The highest BCUT2D eigenvalue weighted by molar-refractivity contribution is 5.58. The average molecular weight is 263 g/mol. The topological polar surface area (TPSA) is 85.1 Å². The van der Waals surface area contributed by atoms with Crippen molar-refractivity contribution in [3.63, 3.8) is 0 Å². The Morgan fingerprint density at radius 3 is 2.68 bits per heavy atom. The Kier molecular flexibility index (Phi) is 4.09. The molecule has 19 heavy (non-hydrogen) atoms. The molecule has 0 bridgehead atoms. The number of halogens is 1. The minimum Gasteiger partial charge on any atom is -0.494 e. The van der Waals surface area contributed by atoms with E-state index < -0.39 is 5.82 Å². The first-order chi connectivity index (χ1) is 9.22. The lowest BCUT2D eigenvalue weighted by molar-refractivity contribution is 0.340. The van der Waals surface area contributed by atoms with Crippen LogP contribution in [0.25, 0.3) is 0 Å². The van der Waals surface area contributed by atoms with Gasteiger partial charge in [0.15, 0.2) is 11.6 Å². The van der Waals surface area contributed by atoms with Gasteiger partial charge in [-0.1, -0.05) is 0 Å². The third-order valence-corrected chi connectivity index (χ3v) is 2.30. The van der Waals surface area contributed by atoms with Crippen LogP contribution in [-0.2, 0) is 0 Å². The number of hydrogen-bond donors (Lipinski definition) is 3. The quantitative estimate of drug-likeness (QED) is 0.565. The minimum absolute atomic E-state index is 0.0482. The molecule has 100 valence electrons. The molecule has 0 fully saturated rings. The summed E-state index contributed by atoms with van der Waals surface area (Å²) in [6.45, 7) is 2.50. The fraction of sp³-hybridized carbons (Fsp3) is 0.167. The number of rotatable bonds is 5. The number of nitrogen functional groups attached to an aromatic ring is 1. The Labute approximate surface area is 109 Å². The predicted molar refractivity (Wildman–Crippen MR) is 70.7 cm³/mol. The van der Waals surface area contributed by atoms with Gasteiger partial charge in [0.05, 0.1) is 12.8 Å². The summed E-state index contributed by atoms with van der Waals surface area (Å²) in [6, 6.07) is 7.10. The highest BCUT2D eigenvalue weighted by Gasteiger charge is 2.06. The molecule has 4 N–H and O–H groups in total. The second kappa shape index (κ2) is 5.96. The van der Waals surface area contributed by atoms with Crippen molar-refractivity contribution in [2.45, 2.75) is 6.92 Å². The third kappa shape index (κ3) is 3.29. The number of nitrogens with two attached hydrogens (primary N) is 1. The van der Waals surface area contributed by atoms with Crippen molar-refractivity contribution in [3.8, 4) is 5.75 Å². The molecular formula is C12H14FN5O. The normalized spacial score (nSPS) is 10.1. The summed E-state index contributed by atoms with van der Waals surface area (Å²) >= 11 is 0. The van der Waals surface area contributed by atoms with Gasteiger partial charge in [-0.3, -0.25) is 5.43 Å². The molecule has 2 rings (SSSR count). The maximum Gasteiger partial charge on any atom is 0.239 e. The lowest BCUT2D eigenvalue weighted by atomic mass is 10.3. The number of benzene rings is 1. The first-order valence-corrected chi connectivity index (χ1v) is 5.72. The van der Waals surface area contributed by atoms with E-state index in [9.17, 15) is 4.39 Å². The van der Waals surface area contributed by atoms with Crippen LogP contribution in [0.5, 0.6) is 5.75 Å². The largest absolute Gasteiger partial charge is 0.494 e.